The molecule has 7 aromatic rings. The maximum atomic E-state index is 6.51. The molecule has 0 bridgehead atoms. The van der Waals surface area contributed by atoms with Crippen LogP contribution in [0.4, 0.5) is 5.69 Å². The molecule has 0 saturated heterocycles. The quantitative estimate of drug-likeness (QED) is 0.132. The number of hydrogen-bond acceptors (Lipinski definition) is 4. The molecule has 0 spiro atoms. The van der Waals surface area contributed by atoms with Crippen LogP contribution in [-0.2, 0) is 12.0 Å². The topological polar surface area (TPSA) is 64.2 Å². The molecule has 4 nitrogen and oxygen atoms in total. The number of nitrogens with two attached hydrogens (primary N) is 1. The minimum Gasteiger partial charge on any atom is -0.398 e. The number of nitrogen functional groups attached to an aromatic ring is 1. The Bertz CT molecular complexity index is 2250. The molecular weight excluding hydrogens is 609 g/mol. The van der Waals surface area contributed by atoms with E-state index in [2.05, 4.69) is 109 Å². The van der Waals surface area contributed by atoms with Crippen molar-refractivity contribution in [2.24, 2.45) is 4.99 Å². The van der Waals surface area contributed by atoms with Crippen molar-refractivity contribution >= 4 is 22.3 Å². The van der Waals surface area contributed by atoms with Crippen LogP contribution in [-0.4, -0.2) is 15.7 Å². The summed E-state index contributed by atoms with van der Waals surface area (Å²) >= 11 is 0. The summed E-state index contributed by atoms with van der Waals surface area (Å²) in [6.45, 7) is 0.594. The highest BCUT2D eigenvalue weighted by atomic mass is 14.9. The van der Waals surface area contributed by atoms with Gasteiger partial charge in [-0.2, -0.15) is 0 Å². The minimum absolute atomic E-state index is 0.0502. The van der Waals surface area contributed by atoms with Gasteiger partial charge in [-0.05, 0) is 41.7 Å². The van der Waals surface area contributed by atoms with E-state index in [-0.39, 0.29) is 5.41 Å². The second-order valence-corrected chi connectivity index (χ2v) is 13.3. The lowest BCUT2D eigenvalue weighted by molar-refractivity contribution is 0.346. The van der Waals surface area contributed by atoms with Gasteiger partial charge in [0, 0.05) is 38.7 Å². The van der Waals surface area contributed by atoms with E-state index >= 15 is 0 Å². The highest BCUT2D eigenvalue weighted by molar-refractivity contribution is 6.15. The molecule has 1 aliphatic carbocycles. The third-order valence-electron chi connectivity index (χ3n) is 10.2. The van der Waals surface area contributed by atoms with Crippen LogP contribution in [0.5, 0.6) is 0 Å². The molecule has 1 saturated carbocycles. The number of anilines is 1. The van der Waals surface area contributed by atoms with Crippen molar-refractivity contribution in [3.63, 3.8) is 0 Å². The number of benzene rings is 6. The molecule has 1 heterocycles. The first-order chi connectivity index (χ1) is 24.7. The molecule has 244 valence electrons. The molecule has 4 heteroatoms. The fourth-order valence-electron chi connectivity index (χ4n) is 7.60. The summed E-state index contributed by atoms with van der Waals surface area (Å²) < 4.78 is 0. The molecule has 8 rings (SSSR count). The van der Waals surface area contributed by atoms with E-state index in [1.165, 1.54) is 36.0 Å². The normalized spacial score (nSPS) is 14.4. The average molecular weight is 649 g/mol. The van der Waals surface area contributed by atoms with Crippen molar-refractivity contribution in [3.05, 3.63) is 186 Å². The summed E-state index contributed by atoms with van der Waals surface area (Å²) in [6.07, 6.45) is 5.95. The molecule has 0 aliphatic heterocycles. The van der Waals surface area contributed by atoms with Gasteiger partial charge in [-0.15, -0.1) is 0 Å². The molecule has 0 unspecified atom stereocenters. The van der Waals surface area contributed by atoms with Crippen LogP contribution >= 0.6 is 0 Å². The first-order valence-corrected chi connectivity index (χ1v) is 17.7. The first-order valence-electron chi connectivity index (χ1n) is 17.7. The van der Waals surface area contributed by atoms with E-state index in [1.54, 1.807) is 0 Å². The highest BCUT2D eigenvalue weighted by Crippen LogP contribution is 2.45. The number of rotatable bonds is 8. The summed E-state index contributed by atoms with van der Waals surface area (Å²) in [5.41, 5.74) is 18.1. The van der Waals surface area contributed by atoms with E-state index in [4.69, 9.17) is 20.7 Å². The van der Waals surface area contributed by atoms with E-state index in [1.807, 2.05) is 48.5 Å². The van der Waals surface area contributed by atoms with E-state index < -0.39 is 0 Å². The summed E-state index contributed by atoms with van der Waals surface area (Å²) in [5.74, 6) is 0.746. The molecule has 1 aliphatic rings. The van der Waals surface area contributed by atoms with Crippen LogP contribution in [0.1, 0.15) is 59.9 Å². The van der Waals surface area contributed by atoms with Gasteiger partial charge in [-0.25, -0.2) is 9.97 Å². The number of hydrogen-bond donors (Lipinski definition) is 1. The minimum atomic E-state index is -0.0502. The molecule has 1 aromatic heterocycles. The van der Waals surface area contributed by atoms with E-state index in [0.29, 0.717) is 6.54 Å². The lowest BCUT2D eigenvalue weighted by Crippen LogP contribution is -2.30. The smallest absolute Gasteiger partial charge is 0.160 e. The summed E-state index contributed by atoms with van der Waals surface area (Å²) in [4.78, 5) is 15.2. The van der Waals surface area contributed by atoms with Gasteiger partial charge in [0.2, 0.25) is 0 Å². The van der Waals surface area contributed by atoms with Crippen molar-refractivity contribution < 1.29 is 0 Å². The third-order valence-corrected chi connectivity index (χ3v) is 10.2. The Kier molecular flexibility index (Phi) is 8.75. The molecule has 1 fully saturated rings. The van der Waals surface area contributed by atoms with Gasteiger partial charge in [-0.3, -0.25) is 4.99 Å². The lowest BCUT2D eigenvalue weighted by atomic mass is 9.65. The lowest BCUT2D eigenvalue weighted by Gasteiger charge is -2.39. The molecule has 50 heavy (non-hydrogen) atoms. The zero-order valence-corrected chi connectivity index (χ0v) is 28.2. The Hall–Kier alpha value is -5.87. The molecule has 0 radical (unpaired) electrons. The first kappa shape index (κ1) is 31.4. The standard InChI is InChI=1S/C46H40N4/c47-41-20-10-8-18-39(41)43(48-32-33-14-4-1-5-15-33)34-22-26-37(27-23-34)46(30-12-3-13-31-46)38-28-24-35(25-29-38)44-40-19-9-11-21-42(40)49-45(50-44)36-16-6-2-7-17-36/h1-2,4-11,14-29H,3,12-13,30-32,47H2/b48-43-. The van der Waals surface area contributed by atoms with Crippen molar-refractivity contribution in [3.8, 4) is 22.6 Å². The third kappa shape index (κ3) is 6.21. The molecule has 2 N–H and O–H groups in total. The highest BCUT2D eigenvalue weighted by Gasteiger charge is 2.35. The van der Waals surface area contributed by atoms with Crippen LogP contribution < -0.4 is 5.73 Å². The number of aromatic nitrogens is 2. The van der Waals surface area contributed by atoms with Gasteiger partial charge in [0.1, 0.15) is 0 Å². The van der Waals surface area contributed by atoms with Crippen molar-refractivity contribution in [2.45, 2.75) is 44.1 Å². The van der Waals surface area contributed by atoms with Crippen LogP contribution in [0.2, 0.25) is 0 Å². The van der Waals surface area contributed by atoms with Gasteiger partial charge in [0.15, 0.2) is 5.82 Å². The van der Waals surface area contributed by atoms with E-state index in [9.17, 15) is 0 Å². The van der Waals surface area contributed by atoms with Gasteiger partial charge < -0.3 is 5.73 Å². The predicted octanol–water partition coefficient (Wildman–Crippen LogP) is 10.8. The van der Waals surface area contributed by atoms with Crippen LogP contribution in [0, 0.1) is 0 Å². The summed E-state index contributed by atoms with van der Waals surface area (Å²) in [5, 5.41) is 1.06. The van der Waals surface area contributed by atoms with Crippen LogP contribution in [0.3, 0.4) is 0 Å². The number of nitrogens with zero attached hydrogens (tertiary/aromatic N) is 3. The Labute approximate surface area is 294 Å². The van der Waals surface area contributed by atoms with Crippen molar-refractivity contribution in [1.82, 2.24) is 9.97 Å². The monoisotopic (exact) mass is 648 g/mol. The zero-order chi connectivity index (χ0) is 33.8. The van der Waals surface area contributed by atoms with Gasteiger partial charge >= 0.3 is 0 Å². The Morgan fingerprint density at radius 3 is 1.92 bits per heavy atom. The fraction of sp³-hybridized carbons (Fsp3) is 0.152. The second-order valence-electron chi connectivity index (χ2n) is 13.3. The SMILES string of the molecule is Nc1ccccc1/C(=N\Cc1ccccc1)c1ccc(C2(c3ccc(-c4nc(-c5ccccc5)nc5ccccc45)cc3)CCCCC2)cc1. The Morgan fingerprint density at radius 2 is 1.20 bits per heavy atom. The maximum Gasteiger partial charge on any atom is 0.160 e. The molecular formula is C46H40N4. The maximum absolute atomic E-state index is 6.51. The largest absolute Gasteiger partial charge is 0.398 e. The Morgan fingerprint density at radius 1 is 0.580 bits per heavy atom. The van der Waals surface area contributed by atoms with Crippen LogP contribution in [0.15, 0.2) is 163 Å². The van der Waals surface area contributed by atoms with Gasteiger partial charge in [0.05, 0.1) is 23.5 Å². The molecule has 0 atom stereocenters. The molecule has 6 aromatic carbocycles. The summed E-state index contributed by atoms with van der Waals surface area (Å²) in [7, 11) is 0. The van der Waals surface area contributed by atoms with Gasteiger partial charge in [0.25, 0.3) is 0 Å². The van der Waals surface area contributed by atoms with Crippen molar-refractivity contribution in [1.29, 1.82) is 0 Å². The summed E-state index contributed by atoms with van der Waals surface area (Å²) in [6, 6.07) is 55.3. The number of para-hydroxylation sites is 2. The number of fused-ring (bicyclic) bond motifs is 1. The van der Waals surface area contributed by atoms with E-state index in [0.717, 1.165) is 68.9 Å². The second kappa shape index (κ2) is 13.9. The van der Waals surface area contributed by atoms with Crippen LogP contribution in [0.25, 0.3) is 33.5 Å². The Balaban J connectivity index is 1.16. The van der Waals surface area contributed by atoms with Gasteiger partial charge in [-0.1, -0.05) is 165 Å². The molecule has 0 amide bonds. The zero-order valence-electron chi connectivity index (χ0n) is 28.2. The average Bonchev–Trinajstić information content (AvgIpc) is 3.19. The number of aliphatic imine (C=N–C) groups is 1. The van der Waals surface area contributed by atoms with Crippen molar-refractivity contribution in [2.75, 3.05) is 5.73 Å². The fourth-order valence-corrected chi connectivity index (χ4v) is 7.60. The predicted molar refractivity (Wildman–Crippen MR) is 207 cm³/mol.